The van der Waals surface area contributed by atoms with Crippen LogP contribution in [0.25, 0.3) is 0 Å². The monoisotopic (exact) mass is 439 g/mol. The molecule has 4 nitrogen and oxygen atoms in total. The van der Waals surface area contributed by atoms with Crippen molar-refractivity contribution in [2.75, 3.05) is 17.5 Å². The second-order valence-corrected chi connectivity index (χ2v) is 8.86. The van der Waals surface area contributed by atoms with Gasteiger partial charge in [-0.1, -0.05) is 41.1 Å². The molecule has 0 unspecified atom stereocenters. The Hall–Kier alpha value is -2.94. The maximum Gasteiger partial charge on any atom is 0.265 e. The molecule has 0 aliphatic rings. The van der Waals surface area contributed by atoms with Crippen molar-refractivity contribution in [2.24, 2.45) is 0 Å². The zero-order valence-electron chi connectivity index (χ0n) is 16.8. The molecule has 3 aromatic carbocycles. The Bertz CT molecular complexity index is 1140. The fourth-order valence-corrected chi connectivity index (χ4v) is 4.27. The summed E-state index contributed by atoms with van der Waals surface area (Å²) >= 11 is 5.98. The molecule has 30 heavy (non-hydrogen) atoms. The van der Waals surface area contributed by atoms with Crippen LogP contribution < -0.4 is 9.04 Å². The number of nitrogens with zero attached hydrogens (tertiary/aromatic N) is 1. The minimum absolute atomic E-state index is 0.00501. The second kappa shape index (κ2) is 9.71. The standard InChI is InChI=1S/C24H22ClNO3S/c1-3-29-23-14-8-20(9-15-23)5-4-18-26(22-12-10-21(25)11-13-22)30(27,28)24-16-6-19(2)7-17-24/h6-17H,3,18H2,1-2H3. The van der Waals surface area contributed by atoms with Crippen LogP contribution in [0.2, 0.25) is 5.02 Å². The third-order valence-electron chi connectivity index (χ3n) is 4.34. The zero-order valence-corrected chi connectivity index (χ0v) is 18.4. The third kappa shape index (κ3) is 5.35. The number of halogens is 1. The molecular weight excluding hydrogens is 418 g/mol. The Balaban J connectivity index is 1.91. The van der Waals surface area contributed by atoms with Gasteiger partial charge in [-0.05, 0) is 74.5 Å². The molecule has 154 valence electrons. The first kappa shape index (κ1) is 21.8. The van der Waals surface area contributed by atoms with Crippen molar-refractivity contribution in [3.63, 3.8) is 0 Å². The van der Waals surface area contributed by atoms with Gasteiger partial charge in [0.2, 0.25) is 0 Å². The Kier molecular flexibility index (Phi) is 7.04. The van der Waals surface area contributed by atoms with E-state index in [2.05, 4.69) is 11.8 Å². The highest BCUT2D eigenvalue weighted by Gasteiger charge is 2.24. The van der Waals surface area contributed by atoms with Crippen LogP contribution in [0.1, 0.15) is 18.1 Å². The summed E-state index contributed by atoms with van der Waals surface area (Å²) in [4.78, 5) is 0.214. The largest absolute Gasteiger partial charge is 0.494 e. The SMILES string of the molecule is CCOc1ccc(C#CCN(c2ccc(Cl)cc2)S(=O)(=O)c2ccc(C)cc2)cc1. The topological polar surface area (TPSA) is 46.6 Å². The molecule has 0 aliphatic carbocycles. The molecule has 6 heteroatoms. The highest BCUT2D eigenvalue weighted by molar-refractivity contribution is 7.92. The zero-order chi connectivity index (χ0) is 21.6. The predicted octanol–water partition coefficient (Wildman–Crippen LogP) is 5.29. The van der Waals surface area contributed by atoms with Crippen LogP contribution >= 0.6 is 11.6 Å². The van der Waals surface area contributed by atoms with Gasteiger partial charge in [-0.15, -0.1) is 0 Å². The average Bonchev–Trinajstić information content (AvgIpc) is 2.74. The quantitative estimate of drug-likeness (QED) is 0.490. The summed E-state index contributed by atoms with van der Waals surface area (Å²) in [6.07, 6.45) is 0. The van der Waals surface area contributed by atoms with Gasteiger partial charge in [-0.25, -0.2) is 8.42 Å². The minimum Gasteiger partial charge on any atom is -0.494 e. The summed E-state index contributed by atoms with van der Waals surface area (Å²) in [5.41, 5.74) is 2.27. The summed E-state index contributed by atoms with van der Waals surface area (Å²) in [5, 5.41) is 0.534. The van der Waals surface area contributed by atoms with E-state index in [9.17, 15) is 8.42 Å². The van der Waals surface area contributed by atoms with Crippen molar-refractivity contribution in [1.82, 2.24) is 0 Å². The number of hydrogen-bond acceptors (Lipinski definition) is 3. The lowest BCUT2D eigenvalue weighted by atomic mass is 10.2. The van der Waals surface area contributed by atoms with Crippen LogP contribution in [0.5, 0.6) is 5.75 Å². The molecule has 0 N–H and O–H groups in total. The van der Waals surface area contributed by atoms with E-state index in [4.69, 9.17) is 16.3 Å². The molecule has 0 heterocycles. The van der Waals surface area contributed by atoms with Gasteiger partial charge in [0.1, 0.15) is 5.75 Å². The number of sulfonamides is 1. The first-order valence-electron chi connectivity index (χ1n) is 9.47. The second-order valence-electron chi connectivity index (χ2n) is 6.56. The molecule has 0 atom stereocenters. The fourth-order valence-electron chi connectivity index (χ4n) is 2.77. The van der Waals surface area contributed by atoms with E-state index in [0.717, 1.165) is 16.9 Å². The summed E-state index contributed by atoms with van der Waals surface area (Å²) in [6, 6.07) is 20.8. The van der Waals surface area contributed by atoms with Crippen LogP contribution in [-0.4, -0.2) is 21.6 Å². The molecule has 0 aliphatic heterocycles. The Morgan fingerprint density at radius 1 is 0.933 bits per heavy atom. The number of benzene rings is 3. The van der Waals surface area contributed by atoms with Crippen molar-refractivity contribution < 1.29 is 13.2 Å². The predicted molar refractivity (Wildman–Crippen MR) is 122 cm³/mol. The molecular formula is C24H22ClNO3S. The van der Waals surface area contributed by atoms with Crippen molar-refractivity contribution >= 4 is 27.3 Å². The highest BCUT2D eigenvalue weighted by Crippen LogP contribution is 2.25. The number of ether oxygens (including phenoxy) is 1. The Labute approximate surface area is 183 Å². The minimum atomic E-state index is -3.78. The molecule has 0 amide bonds. The van der Waals surface area contributed by atoms with E-state index >= 15 is 0 Å². The molecule has 3 rings (SSSR count). The van der Waals surface area contributed by atoms with Gasteiger partial charge >= 0.3 is 0 Å². The van der Waals surface area contributed by atoms with E-state index in [1.807, 2.05) is 38.1 Å². The third-order valence-corrected chi connectivity index (χ3v) is 6.38. The molecule has 3 aromatic rings. The molecule has 0 radical (unpaired) electrons. The van der Waals surface area contributed by atoms with E-state index in [-0.39, 0.29) is 11.4 Å². The smallest absolute Gasteiger partial charge is 0.265 e. The maximum atomic E-state index is 13.3. The lowest BCUT2D eigenvalue weighted by Crippen LogP contribution is -2.31. The van der Waals surface area contributed by atoms with Crippen molar-refractivity contribution in [2.45, 2.75) is 18.7 Å². The van der Waals surface area contributed by atoms with E-state index in [0.29, 0.717) is 17.3 Å². The lowest BCUT2D eigenvalue weighted by Gasteiger charge is -2.22. The summed E-state index contributed by atoms with van der Waals surface area (Å²) in [6.45, 7) is 4.44. The Morgan fingerprint density at radius 2 is 1.57 bits per heavy atom. The van der Waals surface area contributed by atoms with Gasteiger partial charge < -0.3 is 4.74 Å². The normalized spacial score (nSPS) is 10.8. The van der Waals surface area contributed by atoms with Crippen molar-refractivity contribution in [3.05, 3.63) is 88.9 Å². The van der Waals surface area contributed by atoms with Crippen molar-refractivity contribution in [3.8, 4) is 17.6 Å². The van der Waals surface area contributed by atoms with Crippen LogP contribution in [0, 0.1) is 18.8 Å². The molecule has 0 bridgehead atoms. The van der Waals surface area contributed by atoms with Gasteiger partial charge in [0.05, 0.1) is 23.7 Å². The van der Waals surface area contributed by atoms with Crippen LogP contribution in [-0.2, 0) is 10.0 Å². The fraction of sp³-hybridized carbons (Fsp3) is 0.167. The van der Waals surface area contributed by atoms with Gasteiger partial charge in [0.15, 0.2) is 0 Å². The number of hydrogen-bond donors (Lipinski definition) is 0. The van der Waals surface area contributed by atoms with Gasteiger partial charge in [0.25, 0.3) is 10.0 Å². The summed E-state index contributed by atoms with van der Waals surface area (Å²) in [7, 11) is -3.78. The first-order valence-corrected chi connectivity index (χ1v) is 11.3. The lowest BCUT2D eigenvalue weighted by molar-refractivity contribution is 0.340. The molecule has 0 spiro atoms. The number of anilines is 1. The molecule has 0 fully saturated rings. The number of aryl methyl sites for hydroxylation is 1. The van der Waals surface area contributed by atoms with E-state index in [1.54, 1.807) is 48.5 Å². The Morgan fingerprint density at radius 3 is 2.17 bits per heavy atom. The molecule has 0 saturated heterocycles. The summed E-state index contributed by atoms with van der Waals surface area (Å²) in [5.74, 6) is 6.77. The number of rotatable bonds is 6. The average molecular weight is 440 g/mol. The van der Waals surface area contributed by atoms with Crippen LogP contribution in [0.15, 0.2) is 77.7 Å². The van der Waals surface area contributed by atoms with E-state index in [1.165, 1.54) is 4.31 Å². The van der Waals surface area contributed by atoms with Gasteiger partial charge in [-0.3, -0.25) is 4.31 Å². The van der Waals surface area contributed by atoms with Gasteiger partial charge in [-0.2, -0.15) is 0 Å². The maximum absolute atomic E-state index is 13.3. The molecule has 0 saturated carbocycles. The van der Waals surface area contributed by atoms with Crippen LogP contribution in [0.4, 0.5) is 5.69 Å². The van der Waals surface area contributed by atoms with Crippen LogP contribution in [0.3, 0.4) is 0 Å². The highest BCUT2D eigenvalue weighted by atomic mass is 35.5. The van der Waals surface area contributed by atoms with E-state index < -0.39 is 10.0 Å². The van der Waals surface area contributed by atoms with Gasteiger partial charge in [0, 0.05) is 10.6 Å². The summed E-state index contributed by atoms with van der Waals surface area (Å²) < 4.78 is 33.3. The first-order chi connectivity index (χ1) is 14.4. The van der Waals surface area contributed by atoms with Crippen molar-refractivity contribution in [1.29, 1.82) is 0 Å². The molecule has 0 aromatic heterocycles.